The number of carbonyl (C=O) groups is 1. The maximum absolute atomic E-state index is 13.6. The van der Waals surface area contributed by atoms with E-state index in [2.05, 4.69) is 25.3 Å². The van der Waals surface area contributed by atoms with Crippen LogP contribution in [-0.4, -0.2) is 44.2 Å². The second kappa shape index (κ2) is 10.0. The molecule has 0 aliphatic carbocycles. The molecular formula is C26H23F2N5O4. The largest absolute Gasteiger partial charge is 0.481 e. The third-order valence-electron chi connectivity index (χ3n) is 5.96. The molecule has 3 heterocycles. The van der Waals surface area contributed by atoms with Gasteiger partial charge in [0.05, 0.1) is 30.3 Å². The lowest BCUT2D eigenvalue weighted by Gasteiger charge is -2.33. The SMILES string of the molecule is CC1(C(=O)O)COC(c2nc(-c3ccc(F)cc3)c(-c3ccnc(NCc4ccc(F)cc4)n3)[nH]2)OC1. The van der Waals surface area contributed by atoms with Crippen LogP contribution in [0, 0.1) is 17.0 Å². The van der Waals surface area contributed by atoms with E-state index in [0.717, 1.165) is 5.56 Å². The molecule has 0 saturated carbocycles. The van der Waals surface area contributed by atoms with Crippen molar-refractivity contribution in [2.75, 3.05) is 18.5 Å². The zero-order valence-corrected chi connectivity index (χ0v) is 19.7. The summed E-state index contributed by atoms with van der Waals surface area (Å²) >= 11 is 0. The van der Waals surface area contributed by atoms with E-state index in [1.54, 1.807) is 43.5 Å². The number of ether oxygens (including phenoxy) is 2. The Hall–Kier alpha value is -4.22. The number of benzene rings is 2. The number of aromatic amines is 1. The summed E-state index contributed by atoms with van der Waals surface area (Å²) in [5.74, 6) is -1.06. The summed E-state index contributed by atoms with van der Waals surface area (Å²) < 4.78 is 38.2. The molecule has 0 atom stereocenters. The molecule has 1 aliphatic rings. The first-order valence-electron chi connectivity index (χ1n) is 11.4. The highest BCUT2D eigenvalue weighted by Gasteiger charge is 2.41. The zero-order chi connectivity index (χ0) is 26.0. The van der Waals surface area contributed by atoms with Crippen LogP contribution in [0.5, 0.6) is 0 Å². The average molecular weight is 507 g/mol. The molecule has 11 heteroatoms. The fourth-order valence-electron chi connectivity index (χ4n) is 3.76. The third kappa shape index (κ3) is 5.32. The van der Waals surface area contributed by atoms with Crippen molar-refractivity contribution in [3.05, 3.63) is 83.8 Å². The van der Waals surface area contributed by atoms with Gasteiger partial charge in [-0.3, -0.25) is 4.79 Å². The molecule has 3 N–H and O–H groups in total. The van der Waals surface area contributed by atoms with E-state index in [1.807, 2.05) is 0 Å². The lowest BCUT2D eigenvalue weighted by atomic mass is 9.92. The highest BCUT2D eigenvalue weighted by atomic mass is 19.1. The van der Waals surface area contributed by atoms with E-state index >= 15 is 0 Å². The normalized spacial score (nSPS) is 19.5. The smallest absolute Gasteiger partial charge is 0.314 e. The maximum Gasteiger partial charge on any atom is 0.314 e. The molecule has 0 unspecified atom stereocenters. The minimum Gasteiger partial charge on any atom is -0.481 e. The van der Waals surface area contributed by atoms with E-state index < -0.39 is 17.7 Å². The van der Waals surface area contributed by atoms with Crippen LogP contribution < -0.4 is 5.32 Å². The lowest BCUT2D eigenvalue weighted by molar-refractivity contribution is -0.236. The Morgan fingerprint density at radius 2 is 1.70 bits per heavy atom. The van der Waals surface area contributed by atoms with Crippen LogP contribution in [0.3, 0.4) is 0 Å². The van der Waals surface area contributed by atoms with Gasteiger partial charge in [0.2, 0.25) is 12.2 Å². The van der Waals surface area contributed by atoms with Gasteiger partial charge in [0, 0.05) is 18.3 Å². The third-order valence-corrected chi connectivity index (χ3v) is 5.96. The molecular weight excluding hydrogens is 484 g/mol. The highest BCUT2D eigenvalue weighted by Crippen LogP contribution is 2.35. The number of aliphatic carboxylic acids is 1. The number of halogens is 2. The number of H-pyrrole nitrogens is 1. The Morgan fingerprint density at radius 1 is 1.05 bits per heavy atom. The van der Waals surface area contributed by atoms with Crippen molar-refractivity contribution in [2.24, 2.45) is 5.41 Å². The summed E-state index contributed by atoms with van der Waals surface area (Å²) in [7, 11) is 0. The van der Waals surface area contributed by atoms with Gasteiger partial charge in [-0.1, -0.05) is 12.1 Å². The summed E-state index contributed by atoms with van der Waals surface area (Å²) in [5, 5.41) is 12.5. The van der Waals surface area contributed by atoms with E-state index in [-0.39, 0.29) is 24.8 Å². The van der Waals surface area contributed by atoms with Gasteiger partial charge in [0.25, 0.3) is 0 Å². The predicted molar refractivity (Wildman–Crippen MR) is 129 cm³/mol. The first kappa shape index (κ1) is 24.5. The number of hydrogen-bond donors (Lipinski definition) is 3. The Kier molecular flexibility index (Phi) is 6.64. The molecule has 2 aromatic heterocycles. The van der Waals surface area contributed by atoms with Crippen LogP contribution in [0.15, 0.2) is 60.8 Å². The Bertz CT molecular complexity index is 1400. The topological polar surface area (TPSA) is 122 Å². The molecule has 0 bridgehead atoms. The van der Waals surface area contributed by atoms with Crippen molar-refractivity contribution < 1.29 is 28.2 Å². The number of carboxylic acid groups (broad SMARTS) is 1. The van der Waals surface area contributed by atoms with Crippen LogP contribution in [0.2, 0.25) is 0 Å². The van der Waals surface area contributed by atoms with Gasteiger partial charge in [-0.15, -0.1) is 0 Å². The van der Waals surface area contributed by atoms with Gasteiger partial charge in [0.1, 0.15) is 17.0 Å². The maximum atomic E-state index is 13.6. The highest BCUT2D eigenvalue weighted by molar-refractivity contribution is 5.77. The van der Waals surface area contributed by atoms with Crippen molar-refractivity contribution in [3.8, 4) is 22.6 Å². The fourth-order valence-corrected chi connectivity index (χ4v) is 3.76. The quantitative estimate of drug-likeness (QED) is 0.333. The molecule has 2 aromatic carbocycles. The molecule has 9 nitrogen and oxygen atoms in total. The summed E-state index contributed by atoms with van der Waals surface area (Å²) in [4.78, 5) is 28.2. The number of anilines is 1. The molecule has 37 heavy (non-hydrogen) atoms. The average Bonchev–Trinajstić information content (AvgIpc) is 3.35. The van der Waals surface area contributed by atoms with E-state index in [0.29, 0.717) is 41.0 Å². The number of imidazole rings is 1. The van der Waals surface area contributed by atoms with Crippen LogP contribution in [0.1, 0.15) is 24.6 Å². The minimum absolute atomic E-state index is 0.0557. The molecule has 5 rings (SSSR count). The van der Waals surface area contributed by atoms with Crippen molar-refractivity contribution in [1.29, 1.82) is 0 Å². The minimum atomic E-state index is -1.16. The fraction of sp³-hybridized carbons (Fsp3) is 0.231. The Morgan fingerprint density at radius 3 is 2.35 bits per heavy atom. The van der Waals surface area contributed by atoms with Gasteiger partial charge in [0.15, 0.2) is 5.82 Å². The summed E-state index contributed by atoms with van der Waals surface area (Å²) in [6, 6.07) is 13.6. The lowest BCUT2D eigenvalue weighted by Crippen LogP contribution is -2.42. The predicted octanol–water partition coefficient (Wildman–Crippen LogP) is 4.56. The Labute approximate surface area is 210 Å². The van der Waals surface area contributed by atoms with Gasteiger partial charge in [-0.25, -0.2) is 23.7 Å². The van der Waals surface area contributed by atoms with Gasteiger partial charge in [-0.2, -0.15) is 0 Å². The summed E-state index contributed by atoms with van der Waals surface area (Å²) in [5.41, 5.74) is 1.82. The van der Waals surface area contributed by atoms with Crippen molar-refractivity contribution >= 4 is 11.9 Å². The number of hydrogen-bond acceptors (Lipinski definition) is 7. The monoisotopic (exact) mass is 507 g/mol. The number of carboxylic acids is 1. The zero-order valence-electron chi connectivity index (χ0n) is 19.7. The molecule has 0 spiro atoms. The van der Waals surface area contributed by atoms with Gasteiger partial charge < -0.3 is 24.9 Å². The van der Waals surface area contributed by atoms with Crippen LogP contribution >= 0.6 is 0 Å². The molecule has 4 aromatic rings. The molecule has 1 aliphatic heterocycles. The van der Waals surface area contributed by atoms with Gasteiger partial charge in [-0.05, 0) is 55.0 Å². The van der Waals surface area contributed by atoms with Crippen molar-refractivity contribution in [3.63, 3.8) is 0 Å². The second-order valence-corrected chi connectivity index (χ2v) is 8.92. The van der Waals surface area contributed by atoms with E-state index in [1.165, 1.54) is 24.3 Å². The number of nitrogens with one attached hydrogen (secondary N) is 2. The van der Waals surface area contributed by atoms with Crippen molar-refractivity contribution in [2.45, 2.75) is 19.8 Å². The van der Waals surface area contributed by atoms with Gasteiger partial charge >= 0.3 is 5.97 Å². The van der Waals surface area contributed by atoms with Crippen LogP contribution in [0.4, 0.5) is 14.7 Å². The molecule has 1 fully saturated rings. The first-order valence-corrected chi connectivity index (χ1v) is 11.4. The van der Waals surface area contributed by atoms with Crippen LogP contribution in [-0.2, 0) is 20.8 Å². The van der Waals surface area contributed by atoms with E-state index in [4.69, 9.17) is 9.47 Å². The first-order chi connectivity index (χ1) is 17.8. The second-order valence-electron chi connectivity index (χ2n) is 8.92. The summed E-state index contributed by atoms with van der Waals surface area (Å²) in [6.07, 6.45) is 0.661. The van der Waals surface area contributed by atoms with Crippen LogP contribution in [0.25, 0.3) is 22.6 Å². The Balaban J connectivity index is 1.44. The number of rotatable bonds is 7. The number of nitrogens with zero attached hydrogens (tertiary/aromatic N) is 3. The molecule has 190 valence electrons. The molecule has 0 amide bonds. The standard InChI is InChI=1S/C26H23F2N5O4/c1-26(24(34)35)13-36-23(37-14-26)22-32-20(16-4-8-18(28)9-5-16)21(33-22)19-10-11-29-25(31-19)30-12-15-2-6-17(27)7-3-15/h2-11,23H,12-14H2,1H3,(H,32,33)(H,34,35)(H,29,30,31). The van der Waals surface area contributed by atoms with E-state index in [9.17, 15) is 18.7 Å². The molecule has 0 radical (unpaired) electrons. The molecule has 1 saturated heterocycles. The van der Waals surface area contributed by atoms with Crippen molar-refractivity contribution in [1.82, 2.24) is 19.9 Å². The number of aromatic nitrogens is 4. The summed E-state index contributed by atoms with van der Waals surface area (Å²) in [6.45, 7) is 1.82.